The molecule has 0 bridgehead atoms. The van der Waals surface area contributed by atoms with Gasteiger partial charge in [-0.1, -0.05) is 13.0 Å². The van der Waals surface area contributed by atoms with E-state index in [-0.39, 0.29) is 35.9 Å². The molecule has 1 aliphatic heterocycles. The Bertz CT molecular complexity index is 750. The SMILES string of the molecule is CC(=O)N(C)C[C@@H]1Oc2c(NC(=O)NC(C)C)cccc2C(=O)N(C)C[C@@H]1C. The third-order valence-electron chi connectivity index (χ3n) is 4.72. The van der Waals surface area contributed by atoms with Crippen LogP contribution in [0.15, 0.2) is 18.2 Å². The van der Waals surface area contributed by atoms with Crippen LogP contribution in [-0.2, 0) is 4.79 Å². The highest BCUT2D eigenvalue weighted by molar-refractivity contribution is 6.01. The second-order valence-corrected chi connectivity index (χ2v) is 7.65. The molecule has 28 heavy (non-hydrogen) atoms. The molecule has 0 saturated carbocycles. The van der Waals surface area contributed by atoms with Crippen molar-refractivity contribution in [1.29, 1.82) is 0 Å². The lowest BCUT2D eigenvalue weighted by molar-refractivity contribution is -0.129. The molecular formula is C20H30N4O4. The van der Waals surface area contributed by atoms with E-state index >= 15 is 0 Å². The first-order valence-electron chi connectivity index (χ1n) is 9.44. The van der Waals surface area contributed by atoms with E-state index in [1.54, 1.807) is 42.1 Å². The molecule has 0 fully saturated rings. The van der Waals surface area contributed by atoms with Crippen molar-refractivity contribution in [2.75, 3.05) is 32.5 Å². The molecule has 1 aromatic carbocycles. The summed E-state index contributed by atoms with van der Waals surface area (Å²) < 4.78 is 6.24. The van der Waals surface area contributed by atoms with Gasteiger partial charge in [0.1, 0.15) is 6.10 Å². The Kier molecular flexibility index (Phi) is 6.88. The molecule has 8 heteroatoms. The lowest BCUT2D eigenvalue weighted by Gasteiger charge is -2.35. The van der Waals surface area contributed by atoms with Crippen molar-refractivity contribution in [1.82, 2.24) is 15.1 Å². The minimum atomic E-state index is -0.375. The van der Waals surface area contributed by atoms with Crippen molar-refractivity contribution in [2.24, 2.45) is 5.92 Å². The number of para-hydroxylation sites is 1. The van der Waals surface area contributed by atoms with E-state index in [1.807, 2.05) is 20.8 Å². The minimum Gasteiger partial charge on any atom is -0.485 e. The zero-order valence-corrected chi connectivity index (χ0v) is 17.4. The maximum atomic E-state index is 12.8. The number of benzene rings is 1. The van der Waals surface area contributed by atoms with Crippen molar-refractivity contribution in [3.05, 3.63) is 23.8 Å². The van der Waals surface area contributed by atoms with Gasteiger partial charge in [-0.3, -0.25) is 9.59 Å². The largest absolute Gasteiger partial charge is 0.485 e. The highest BCUT2D eigenvalue weighted by Crippen LogP contribution is 2.34. The first-order chi connectivity index (χ1) is 13.1. The Morgan fingerprint density at radius 3 is 2.64 bits per heavy atom. The van der Waals surface area contributed by atoms with Crippen LogP contribution >= 0.6 is 0 Å². The zero-order valence-electron chi connectivity index (χ0n) is 17.4. The van der Waals surface area contributed by atoms with Gasteiger partial charge < -0.3 is 25.2 Å². The highest BCUT2D eigenvalue weighted by atomic mass is 16.5. The Balaban J connectivity index is 2.42. The van der Waals surface area contributed by atoms with Gasteiger partial charge in [0.2, 0.25) is 5.91 Å². The maximum Gasteiger partial charge on any atom is 0.319 e. The number of rotatable bonds is 4. The van der Waals surface area contributed by atoms with Crippen LogP contribution in [0.2, 0.25) is 0 Å². The molecule has 0 radical (unpaired) electrons. The van der Waals surface area contributed by atoms with Crippen molar-refractivity contribution in [2.45, 2.75) is 39.8 Å². The van der Waals surface area contributed by atoms with Gasteiger partial charge in [0.25, 0.3) is 5.91 Å². The van der Waals surface area contributed by atoms with Crippen molar-refractivity contribution in [3.8, 4) is 5.75 Å². The standard InChI is InChI=1S/C20H30N4O4/c1-12(2)21-20(27)22-16-9-7-8-15-18(16)28-17(11-23(5)14(4)25)13(3)10-24(6)19(15)26/h7-9,12-13,17H,10-11H2,1-6H3,(H2,21,22,27)/t13-,17-/m0/s1. The first-order valence-corrected chi connectivity index (χ1v) is 9.44. The van der Waals surface area contributed by atoms with Crippen molar-refractivity contribution >= 4 is 23.5 Å². The second kappa shape index (κ2) is 8.95. The summed E-state index contributed by atoms with van der Waals surface area (Å²) in [6.07, 6.45) is -0.334. The lowest BCUT2D eigenvalue weighted by atomic mass is 10.0. The third-order valence-corrected chi connectivity index (χ3v) is 4.72. The number of ether oxygens (including phenoxy) is 1. The van der Waals surface area contributed by atoms with E-state index in [1.165, 1.54) is 6.92 Å². The summed E-state index contributed by atoms with van der Waals surface area (Å²) in [4.78, 5) is 40.0. The molecule has 1 aliphatic rings. The molecule has 2 rings (SSSR count). The fourth-order valence-corrected chi connectivity index (χ4v) is 3.07. The summed E-state index contributed by atoms with van der Waals surface area (Å²) in [5, 5.41) is 5.53. The number of anilines is 1. The predicted octanol–water partition coefficient (Wildman–Crippen LogP) is 2.16. The average Bonchev–Trinajstić information content (AvgIpc) is 2.59. The zero-order chi connectivity index (χ0) is 21.0. The number of fused-ring (bicyclic) bond motifs is 1. The number of likely N-dealkylation sites (N-methyl/N-ethyl adjacent to an activating group) is 1. The van der Waals surface area contributed by atoms with Crippen LogP contribution < -0.4 is 15.4 Å². The van der Waals surface area contributed by atoms with E-state index in [0.717, 1.165) is 0 Å². The molecule has 1 aromatic rings. The first kappa shape index (κ1) is 21.5. The van der Waals surface area contributed by atoms with Crippen LogP contribution in [0.1, 0.15) is 38.1 Å². The Morgan fingerprint density at radius 1 is 1.36 bits per heavy atom. The normalized spacial score (nSPS) is 19.2. The molecular weight excluding hydrogens is 360 g/mol. The summed E-state index contributed by atoms with van der Waals surface area (Å²) in [7, 11) is 3.46. The van der Waals surface area contributed by atoms with Gasteiger partial charge in [-0.25, -0.2) is 4.79 Å². The number of nitrogens with zero attached hydrogens (tertiary/aromatic N) is 2. The third kappa shape index (κ3) is 5.15. The molecule has 0 aromatic heterocycles. The summed E-state index contributed by atoms with van der Waals surface area (Å²) >= 11 is 0. The van der Waals surface area contributed by atoms with Gasteiger partial charge in [0.15, 0.2) is 5.75 Å². The molecule has 4 amide bonds. The van der Waals surface area contributed by atoms with Crippen LogP contribution in [0, 0.1) is 5.92 Å². The van der Waals surface area contributed by atoms with Crippen molar-refractivity contribution < 1.29 is 19.1 Å². The van der Waals surface area contributed by atoms with Crippen LogP contribution in [-0.4, -0.2) is 67.0 Å². The van der Waals surface area contributed by atoms with Crippen LogP contribution in [0.5, 0.6) is 5.75 Å². The highest BCUT2D eigenvalue weighted by Gasteiger charge is 2.31. The summed E-state index contributed by atoms with van der Waals surface area (Å²) in [5.41, 5.74) is 0.800. The summed E-state index contributed by atoms with van der Waals surface area (Å²) in [5.74, 6) is 0.0755. The second-order valence-electron chi connectivity index (χ2n) is 7.65. The molecule has 154 valence electrons. The fraction of sp³-hybridized carbons (Fsp3) is 0.550. The van der Waals surface area contributed by atoms with Gasteiger partial charge in [-0.05, 0) is 26.0 Å². The Hall–Kier alpha value is -2.77. The average molecular weight is 390 g/mol. The fourth-order valence-electron chi connectivity index (χ4n) is 3.07. The number of hydrogen-bond donors (Lipinski definition) is 2. The molecule has 0 unspecified atom stereocenters. The number of amides is 4. The molecule has 0 aliphatic carbocycles. The van der Waals surface area contributed by atoms with Crippen LogP contribution in [0.3, 0.4) is 0 Å². The molecule has 0 saturated heterocycles. The van der Waals surface area contributed by atoms with E-state index in [2.05, 4.69) is 10.6 Å². The monoisotopic (exact) mass is 390 g/mol. The molecule has 2 atom stereocenters. The van der Waals surface area contributed by atoms with Gasteiger partial charge in [-0.15, -0.1) is 0 Å². The van der Waals surface area contributed by atoms with Crippen LogP contribution in [0.4, 0.5) is 10.5 Å². The van der Waals surface area contributed by atoms with E-state index < -0.39 is 0 Å². The summed E-state index contributed by atoms with van der Waals surface area (Å²) in [6, 6.07) is 4.68. The van der Waals surface area contributed by atoms with Crippen LogP contribution in [0.25, 0.3) is 0 Å². The number of urea groups is 1. The molecule has 0 spiro atoms. The topological polar surface area (TPSA) is 91.0 Å². The summed E-state index contributed by atoms with van der Waals surface area (Å²) in [6.45, 7) is 8.08. The van der Waals surface area contributed by atoms with Gasteiger partial charge in [0, 0.05) is 39.5 Å². The minimum absolute atomic E-state index is 0.0125. The molecule has 1 heterocycles. The van der Waals surface area contributed by atoms with Gasteiger partial charge in [-0.2, -0.15) is 0 Å². The lowest BCUT2D eigenvalue weighted by Crippen LogP contribution is -2.46. The van der Waals surface area contributed by atoms with E-state index in [0.29, 0.717) is 30.1 Å². The Morgan fingerprint density at radius 2 is 2.04 bits per heavy atom. The quantitative estimate of drug-likeness (QED) is 0.824. The van der Waals surface area contributed by atoms with Gasteiger partial charge >= 0.3 is 6.03 Å². The number of carbonyl (C=O) groups excluding carboxylic acids is 3. The van der Waals surface area contributed by atoms with E-state index in [9.17, 15) is 14.4 Å². The predicted molar refractivity (Wildman–Crippen MR) is 108 cm³/mol. The Labute approximate surface area is 166 Å². The van der Waals surface area contributed by atoms with E-state index in [4.69, 9.17) is 4.74 Å². The number of hydrogen-bond acceptors (Lipinski definition) is 4. The molecule has 2 N–H and O–H groups in total. The molecule has 8 nitrogen and oxygen atoms in total. The van der Waals surface area contributed by atoms with Crippen molar-refractivity contribution in [3.63, 3.8) is 0 Å². The maximum absolute atomic E-state index is 12.8. The number of carbonyl (C=O) groups is 3. The smallest absolute Gasteiger partial charge is 0.319 e. The number of nitrogens with one attached hydrogen (secondary N) is 2. The van der Waals surface area contributed by atoms with Gasteiger partial charge in [0.05, 0.1) is 17.8 Å².